The summed E-state index contributed by atoms with van der Waals surface area (Å²) in [4.78, 5) is 28.2. The molecule has 1 spiro atoms. The van der Waals surface area contributed by atoms with E-state index in [4.69, 9.17) is 10.5 Å². The Bertz CT molecular complexity index is 1020. The molecular weight excluding hydrogens is 426 g/mol. The van der Waals surface area contributed by atoms with E-state index in [9.17, 15) is 9.59 Å². The van der Waals surface area contributed by atoms with Crippen LogP contribution in [0.3, 0.4) is 0 Å². The van der Waals surface area contributed by atoms with Crippen LogP contribution in [0.15, 0.2) is 48.5 Å². The van der Waals surface area contributed by atoms with Crippen molar-refractivity contribution in [3.05, 3.63) is 65.2 Å². The molecule has 0 radical (unpaired) electrons. The zero-order valence-corrected chi connectivity index (χ0v) is 20.6. The Hall–Kier alpha value is -2.86. The lowest BCUT2D eigenvalue weighted by Gasteiger charge is -2.41. The van der Waals surface area contributed by atoms with Gasteiger partial charge in [0.1, 0.15) is 11.8 Å². The van der Waals surface area contributed by atoms with Gasteiger partial charge in [0, 0.05) is 13.1 Å². The van der Waals surface area contributed by atoms with Crippen LogP contribution in [0.5, 0.6) is 5.75 Å². The van der Waals surface area contributed by atoms with Gasteiger partial charge in [-0.05, 0) is 86.6 Å². The van der Waals surface area contributed by atoms with Crippen molar-refractivity contribution in [3.63, 3.8) is 0 Å². The van der Waals surface area contributed by atoms with E-state index >= 15 is 0 Å². The third-order valence-corrected chi connectivity index (χ3v) is 7.56. The van der Waals surface area contributed by atoms with Crippen molar-refractivity contribution in [2.75, 3.05) is 20.2 Å². The summed E-state index contributed by atoms with van der Waals surface area (Å²) in [6, 6.07) is 16.0. The maximum absolute atomic E-state index is 13.6. The fourth-order valence-electron chi connectivity index (χ4n) is 5.36. The van der Waals surface area contributed by atoms with Crippen LogP contribution in [0.4, 0.5) is 0 Å². The first-order chi connectivity index (χ1) is 16.2. The molecule has 0 saturated carbocycles. The van der Waals surface area contributed by atoms with E-state index in [1.54, 1.807) is 21.0 Å². The van der Waals surface area contributed by atoms with Crippen molar-refractivity contribution >= 4 is 11.8 Å². The highest BCUT2D eigenvalue weighted by Gasteiger charge is 2.42. The molecule has 1 atom stereocenters. The molecular formula is C28H37N3O3. The Labute approximate surface area is 202 Å². The van der Waals surface area contributed by atoms with Gasteiger partial charge in [-0.2, -0.15) is 0 Å². The number of fused-ring (bicyclic) bond motifs is 2. The molecule has 1 saturated heterocycles. The summed E-state index contributed by atoms with van der Waals surface area (Å²) in [6.45, 7) is 4.76. The molecule has 34 heavy (non-hydrogen) atoms. The fraction of sp³-hybridized carbons (Fsp3) is 0.500. The lowest BCUT2D eigenvalue weighted by Crippen LogP contribution is -2.57. The summed E-state index contributed by atoms with van der Waals surface area (Å²) in [5, 5.41) is 2.94. The van der Waals surface area contributed by atoms with E-state index in [2.05, 4.69) is 29.6 Å². The number of likely N-dealkylation sites (tertiary alicyclic amines) is 1. The average Bonchev–Trinajstić information content (AvgIpc) is 3.19. The second-order valence-corrected chi connectivity index (χ2v) is 10.4. The fourth-order valence-corrected chi connectivity index (χ4v) is 5.36. The van der Waals surface area contributed by atoms with Crippen LogP contribution < -0.4 is 15.8 Å². The molecule has 1 heterocycles. The van der Waals surface area contributed by atoms with Crippen molar-refractivity contribution < 1.29 is 14.3 Å². The van der Waals surface area contributed by atoms with E-state index in [0.717, 1.165) is 37.0 Å². The van der Waals surface area contributed by atoms with Gasteiger partial charge in [0.15, 0.2) is 0 Å². The van der Waals surface area contributed by atoms with Gasteiger partial charge in [-0.3, -0.25) is 9.59 Å². The number of ether oxygens (including phenoxy) is 1. The average molecular weight is 464 g/mol. The number of piperidine rings is 1. The maximum Gasteiger partial charge on any atom is 0.245 e. The van der Waals surface area contributed by atoms with E-state index in [1.807, 2.05) is 29.2 Å². The molecule has 0 bridgehead atoms. The smallest absolute Gasteiger partial charge is 0.245 e. The van der Waals surface area contributed by atoms with Gasteiger partial charge in [0.25, 0.3) is 0 Å². The van der Waals surface area contributed by atoms with E-state index in [-0.39, 0.29) is 17.2 Å². The first-order valence-corrected chi connectivity index (χ1v) is 12.3. The normalized spacial score (nSPS) is 17.8. The van der Waals surface area contributed by atoms with Crippen LogP contribution in [-0.2, 0) is 27.8 Å². The number of amides is 2. The standard InChI is InChI=1S/C28H37N3O3/c1-27(2,29)26(33)30-24(13-10-20-8-11-22(34-3)12-9-20)25(32)31-18-16-28(17-19-31)15-14-21-6-4-5-7-23(21)28/h4-9,11-12,24H,10,13-19,29H2,1-3H3,(H,30,33). The number of nitrogens with two attached hydrogens (primary N) is 1. The van der Waals surface area contributed by atoms with Crippen LogP contribution in [0, 0.1) is 0 Å². The molecule has 1 unspecified atom stereocenters. The summed E-state index contributed by atoms with van der Waals surface area (Å²) >= 11 is 0. The molecule has 6 nitrogen and oxygen atoms in total. The molecule has 1 aliphatic heterocycles. The summed E-state index contributed by atoms with van der Waals surface area (Å²) in [5.41, 5.74) is 9.19. The molecule has 6 heteroatoms. The van der Waals surface area contributed by atoms with Gasteiger partial charge in [-0.1, -0.05) is 36.4 Å². The number of nitrogens with one attached hydrogen (secondary N) is 1. The first-order valence-electron chi connectivity index (χ1n) is 12.3. The Kier molecular flexibility index (Phi) is 6.99. The number of nitrogens with zero attached hydrogens (tertiary/aromatic N) is 1. The molecule has 0 aromatic heterocycles. The van der Waals surface area contributed by atoms with Gasteiger partial charge >= 0.3 is 0 Å². The van der Waals surface area contributed by atoms with E-state index in [1.165, 1.54) is 11.1 Å². The second kappa shape index (κ2) is 9.79. The molecule has 1 aliphatic carbocycles. The van der Waals surface area contributed by atoms with Crippen LogP contribution in [0.25, 0.3) is 0 Å². The Morgan fingerprint density at radius 1 is 1.09 bits per heavy atom. The zero-order valence-electron chi connectivity index (χ0n) is 20.6. The molecule has 2 aromatic rings. The highest BCUT2D eigenvalue weighted by atomic mass is 16.5. The topological polar surface area (TPSA) is 84.7 Å². The Balaban J connectivity index is 1.44. The predicted octanol–water partition coefficient (Wildman–Crippen LogP) is 3.36. The van der Waals surface area contributed by atoms with Gasteiger partial charge in [0.05, 0.1) is 12.6 Å². The minimum atomic E-state index is -1.04. The Morgan fingerprint density at radius 3 is 2.41 bits per heavy atom. The summed E-state index contributed by atoms with van der Waals surface area (Å²) < 4.78 is 5.23. The van der Waals surface area contributed by atoms with Crippen molar-refractivity contribution in [3.8, 4) is 5.75 Å². The lowest BCUT2D eigenvalue weighted by molar-refractivity contribution is -0.139. The van der Waals surface area contributed by atoms with E-state index in [0.29, 0.717) is 25.9 Å². The largest absolute Gasteiger partial charge is 0.497 e. The van der Waals surface area contributed by atoms with Crippen molar-refractivity contribution in [2.24, 2.45) is 5.73 Å². The van der Waals surface area contributed by atoms with Crippen molar-refractivity contribution in [1.29, 1.82) is 0 Å². The maximum atomic E-state index is 13.6. The lowest BCUT2D eigenvalue weighted by atomic mass is 9.74. The molecule has 182 valence electrons. The second-order valence-electron chi connectivity index (χ2n) is 10.4. The number of carbonyl (C=O) groups is 2. The molecule has 3 N–H and O–H groups in total. The third-order valence-electron chi connectivity index (χ3n) is 7.56. The predicted molar refractivity (Wildman–Crippen MR) is 134 cm³/mol. The van der Waals surface area contributed by atoms with Crippen LogP contribution >= 0.6 is 0 Å². The number of hydrogen-bond acceptors (Lipinski definition) is 4. The quantitative estimate of drug-likeness (QED) is 0.660. The van der Waals surface area contributed by atoms with Crippen molar-refractivity contribution in [1.82, 2.24) is 10.2 Å². The Morgan fingerprint density at radius 2 is 1.76 bits per heavy atom. The van der Waals surface area contributed by atoms with Crippen LogP contribution in [-0.4, -0.2) is 48.5 Å². The number of benzene rings is 2. The van der Waals surface area contributed by atoms with Crippen LogP contribution in [0.2, 0.25) is 0 Å². The highest BCUT2D eigenvalue weighted by molar-refractivity contribution is 5.91. The summed E-state index contributed by atoms with van der Waals surface area (Å²) in [5.74, 6) is 0.483. The van der Waals surface area contributed by atoms with Crippen molar-refractivity contribution in [2.45, 2.75) is 69.4 Å². The molecule has 2 aliphatic rings. The number of carbonyl (C=O) groups excluding carboxylic acids is 2. The minimum absolute atomic E-state index is 0.00718. The number of rotatable bonds is 7. The van der Waals surface area contributed by atoms with Gasteiger partial charge in [-0.15, -0.1) is 0 Å². The molecule has 2 amide bonds. The number of methoxy groups -OCH3 is 1. The summed E-state index contributed by atoms with van der Waals surface area (Å²) in [7, 11) is 1.64. The SMILES string of the molecule is COc1ccc(CCC(NC(=O)C(C)(C)N)C(=O)N2CCC3(CCc4ccccc43)CC2)cc1. The molecule has 1 fully saturated rings. The first kappa shape index (κ1) is 24.3. The third kappa shape index (κ3) is 5.12. The highest BCUT2D eigenvalue weighted by Crippen LogP contribution is 2.46. The van der Waals surface area contributed by atoms with Crippen LogP contribution in [0.1, 0.15) is 56.2 Å². The number of aryl methyl sites for hydroxylation is 2. The zero-order chi connectivity index (χ0) is 24.3. The monoisotopic (exact) mass is 463 g/mol. The summed E-state index contributed by atoms with van der Waals surface area (Å²) in [6.07, 6.45) is 5.42. The van der Waals surface area contributed by atoms with Gasteiger partial charge in [-0.25, -0.2) is 0 Å². The minimum Gasteiger partial charge on any atom is -0.497 e. The number of hydrogen-bond donors (Lipinski definition) is 2. The van der Waals surface area contributed by atoms with E-state index < -0.39 is 11.6 Å². The molecule has 2 aromatic carbocycles. The molecule has 4 rings (SSSR count). The van der Waals surface area contributed by atoms with Gasteiger partial charge < -0.3 is 20.7 Å². The van der Waals surface area contributed by atoms with Gasteiger partial charge in [0.2, 0.25) is 11.8 Å².